The van der Waals surface area contributed by atoms with Crippen LogP contribution in [0.5, 0.6) is 0 Å². The molecule has 2 aromatic heterocycles. The van der Waals surface area contributed by atoms with Crippen molar-refractivity contribution in [2.45, 2.75) is 20.8 Å². The molecule has 0 aliphatic rings. The highest BCUT2D eigenvalue weighted by atomic mass is 32.1. The van der Waals surface area contributed by atoms with Crippen molar-refractivity contribution in [1.29, 1.82) is 0 Å². The normalized spacial score (nSPS) is 11.2. The number of Topliss-reactive ketones (excluding diaryl/α,β-unsaturated/α-hetero) is 1. The van der Waals surface area contributed by atoms with E-state index >= 15 is 0 Å². The molecule has 0 atom stereocenters. The minimum atomic E-state index is -0.447. The minimum Gasteiger partial charge on any atom is -0.463 e. The average Bonchev–Trinajstić information content (AvgIpc) is 2.95. The van der Waals surface area contributed by atoms with Crippen LogP contribution in [0.4, 0.5) is 5.13 Å². The molecule has 0 saturated heterocycles. The fourth-order valence-corrected chi connectivity index (χ4v) is 3.33. The van der Waals surface area contributed by atoms with Crippen molar-refractivity contribution in [1.82, 2.24) is 4.98 Å². The van der Waals surface area contributed by atoms with Gasteiger partial charge in [-0.15, -0.1) is 0 Å². The molecular formula is C19H16N2O4S. The van der Waals surface area contributed by atoms with Gasteiger partial charge in [0.2, 0.25) is 5.91 Å². The predicted molar refractivity (Wildman–Crippen MR) is 102 cm³/mol. The molecule has 7 heteroatoms. The smallest absolute Gasteiger partial charge is 0.250 e. The second-order valence-electron chi connectivity index (χ2n) is 5.83. The number of carbonyl (C=O) groups is 2. The summed E-state index contributed by atoms with van der Waals surface area (Å²) in [6, 6.07) is 5.35. The van der Waals surface area contributed by atoms with E-state index in [1.165, 1.54) is 25.3 Å². The molecule has 0 aliphatic heterocycles. The van der Waals surface area contributed by atoms with Crippen LogP contribution in [0.1, 0.15) is 33.4 Å². The largest absolute Gasteiger partial charge is 0.463 e. The number of carbonyl (C=O) groups excluding carboxylic acids is 2. The van der Waals surface area contributed by atoms with E-state index in [0.717, 1.165) is 16.9 Å². The molecule has 2 heterocycles. The fourth-order valence-electron chi connectivity index (χ4n) is 2.46. The maximum Gasteiger partial charge on any atom is 0.250 e. The number of ketones is 1. The summed E-state index contributed by atoms with van der Waals surface area (Å²) in [4.78, 5) is 40.6. The number of amides is 1. The van der Waals surface area contributed by atoms with Crippen LogP contribution in [-0.2, 0) is 4.79 Å². The van der Waals surface area contributed by atoms with Gasteiger partial charge < -0.3 is 4.42 Å². The molecule has 0 unspecified atom stereocenters. The lowest BCUT2D eigenvalue weighted by Crippen LogP contribution is -2.09. The van der Waals surface area contributed by atoms with E-state index in [4.69, 9.17) is 4.42 Å². The average molecular weight is 368 g/mol. The summed E-state index contributed by atoms with van der Waals surface area (Å²) in [7, 11) is 0. The first kappa shape index (κ1) is 17.8. The Hall–Kier alpha value is -3.06. The molecule has 0 aliphatic carbocycles. The van der Waals surface area contributed by atoms with Crippen LogP contribution < -0.4 is 10.7 Å². The van der Waals surface area contributed by atoms with E-state index in [1.54, 1.807) is 19.1 Å². The van der Waals surface area contributed by atoms with E-state index in [0.29, 0.717) is 26.7 Å². The third-order valence-electron chi connectivity index (χ3n) is 3.72. The molecule has 0 bridgehead atoms. The molecule has 1 N–H and O–H groups in total. The SMILES string of the molecule is CC(=O)c1sc(NC(=O)C=Cc2coc3ccc(C)cc3c2=O)nc1C. The van der Waals surface area contributed by atoms with Crippen LogP contribution in [0.2, 0.25) is 0 Å². The standard InChI is InChI=1S/C19H16N2O4S/c1-10-4-6-15-14(8-10)17(24)13(9-25-15)5-7-16(23)21-19-20-11(2)18(26-19)12(3)22/h4-9H,1-3H3,(H,20,21,23). The lowest BCUT2D eigenvalue weighted by atomic mass is 10.1. The molecule has 3 rings (SSSR count). The van der Waals surface area contributed by atoms with Crippen molar-refractivity contribution >= 4 is 45.2 Å². The maximum atomic E-state index is 12.5. The van der Waals surface area contributed by atoms with Crippen LogP contribution in [-0.4, -0.2) is 16.7 Å². The van der Waals surface area contributed by atoms with Gasteiger partial charge in [0.05, 0.1) is 21.5 Å². The van der Waals surface area contributed by atoms with Crippen molar-refractivity contribution in [2.75, 3.05) is 5.32 Å². The molecule has 6 nitrogen and oxygen atoms in total. The number of aryl methyl sites for hydroxylation is 2. The molecule has 0 fully saturated rings. The van der Waals surface area contributed by atoms with Gasteiger partial charge in [0.1, 0.15) is 11.8 Å². The highest BCUT2D eigenvalue weighted by Gasteiger charge is 2.12. The van der Waals surface area contributed by atoms with E-state index < -0.39 is 5.91 Å². The van der Waals surface area contributed by atoms with Gasteiger partial charge in [-0.05, 0) is 32.1 Å². The summed E-state index contributed by atoms with van der Waals surface area (Å²) in [6.07, 6.45) is 3.96. The first-order chi connectivity index (χ1) is 12.3. The van der Waals surface area contributed by atoms with Gasteiger partial charge in [-0.3, -0.25) is 19.7 Å². The van der Waals surface area contributed by atoms with Crippen LogP contribution in [0.3, 0.4) is 0 Å². The molecule has 26 heavy (non-hydrogen) atoms. The number of benzene rings is 1. The summed E-state index contributed by atoms with van der Waals surface area (Å²) >= 11 is 1.12. The molecule has 1 amide bonds. The number of hydrogen-bond donors (Lipinski definition) is 1. The summed E-state index contributed by atoms with van der Waals surface area (Å²) in [6.45, 7) is 5.05. The molecular weight excluding hydrogens is 352 g/mol. The second kappa shape index (κ2) is 7.05. The molecule has 0 saturated carbocycles. The number of aromatic nitrogens is 1. The van der Waals surface area contributed by atoms with Crippen LogP contribution in [0.15, 0.2) is 39.7 Å². The van der Waals surface area contributed by atoms with Crippen LogP contribution in [0, 0.1) is 13.8 Å². The van der Waals surface area contributed by atoms with Gasteiger partial charge in [0.15, 0.2) is 16.3 Å². The quantitative estimate of drug-likeness (QED) is 0.560. The Bertz CT molecular complexity index is 1110. The number of fused-ring (bicyclic) bond motifs is 1. The Morgan fingerprint density at radius 1 is 1.27 bits per heavy atom. The van der Waals surface area contributed by atoms with Gasteiger partial charge in [0.25, 0.3) is 0 Å². The lowest BCUT2D eigenvalue weighted by Gasteiger charge is -2.00. The maximum absolute atomic E-state index is 12.5. The van der Waals surface area contributed by atoms with E-state index in [9.17, 15) is 14.4 Å². The fraction of sp³-hybridized carbons (Fsp3) is 0.158. The van der Waals surface area contributed by atoms with Gasteiger partial charge >= 0.3 is 0 Å². The highest BCUT2D eigenvalue weighted by molar-refractivity contribution is 7.17. The third-order valence-corrected chi connectivity index (χ3v) is 4.89. The van der Waals surface area contributed by atoms with Crippen LogP contribution in [0.25, 0.3) is 17.0 Å². The van der Waals surface area contributed by atoms with Crippen LogP contribution >= 0.6 is 11.3 Å². The monoisotopic (exact) mass is 368 g/mol. The second-order valence-corrected chi connectivity index (χ2v) is 6.83. The molecule has 132 valence electrons. The van der Waals surface area contributed by atoms with Crippen molar-refractivity contribution < 1.29 is 14.0 Å². The zero-order valence-corrected chi connectivity index (χ0v) is 15.3. The first-order valence-corrected chi connectivity index (χ1v) is 8.66. The Balaban J connectivity index is 1.81. The van der Waals surface area contributed by atoms with E-state index in [2.05, 4.69) is 10.3 Å². The van der Waals surface area contributed by atoms with Gasteiger partial charge in [-0.2, -0.15) is 0 Å². The summed E-state index contributed by atoms with van der Waals surface area (Å²) in [5, 5.41) is 3.39. The first-order valence-electron chi connectivity index (χ1n) is 7.85. The summed E-state index contributed by atoms with van der Waals surface area (Å²) in [5.41, 5.74) is 2.09. The lowest BCUT2D eigenvalue weighted by molar-refractivity contribution is -0.111. The zero-order chi connectivity index (χ0) is 18.8. The molecule has 3 aromatic rings. The number of rotatable bonds is 4. The Morgan fingerprint density at radius 3 is 2.73 bits per heavy atom. The molecule has 0 spiro atoms. The van der Waals surface area contributed by atoms with Gasteiger partial charge in [-0.1, -0.05) is 23.0 Å². The Morgan fingerprint density at radius 2 is 2.04 bits per heavy atom. The summed E-state index contributed by atoms with van der Waals surface area (Å²) < 4.78 is 5.44. The van der Waals surface area contributed by atoms with E-state index in [1.807, 2.05) is 13.0 Å². The van der Waals surface area contributed by atoms with Gasteiger partial charge in [0, 0.05) is 13.0 Å². The predicted octanol–water partition coefficient (Wildman–Crippen LogP) is 3.72. The highest BCUT2D eigenvalue weighted by Crippen LogP contribution is 2.23. The van der Waals surface area contributed by atoms with Gasteiger partial charge in [-0.25, -0.2) is 4.98 Å². The van der Waals surface area contributed by atoms with E-state index in [-0.39, 0.29) is 16.8 Å². The zero-order valence-electron chi connectivity index (χ0n) is 14.5. The van der Waals surface area contributed by atoms with Crippen molar-refractivity contribution in [3.63, 3.8) is 0 Å². The number of nitrogens with zero attached hydrogens (tertiary/aromatic N) is 1. The molecule has 1 aromatic carbocycles. The topological polar surface area (TPSA) is 89.3 Å². The Labute approximate surface area is 153 Å². The number of thiazole rings is 1. The summed E-state index contributed by atoms with van der Waals surface area (Å²) in [5.74, 6) is -0.544. The van der Waals surface area contributed by atoms with Crippen molar-refractivity contribution in [3.05, 3.63) is 62.5 Å². The van der Waals surface area contributed by atoms with Crippen molar-refractivity contribution in [2.24, 2.45) is 0 Å². The number of hydrogen-bond acceptors (Lipinski definition) is 6. The van der Waals surface area contributed by atoms with Crippen molar-refractivity contribution in [3.8, 4) is 0 Å². The number of anilines is 1. The molecule has 0 radical (unpaired) electrons. The Kier molecular flexibility index (Phi) is 4.81. The minimum absolute atomic E-state index is 0.0971. The third kappa shape index (κ3) is 3.62. The number of nitrogens with one attached hydrogen (secondary N) is 1.